The van der Waals surface area contributed by atoms with Gasteiger partial charge in [0.05, 0.1) is 73.7 Å². The van der Waals surface area contributed by atoms with Crippen molar-refractivity contribution in [3.63, 3.8) is 0 Å². The molecule has 0 bridgehead atoms. The van der Waals surface area contributed by atoms with Crippen LogP contribution in [0.15, 0.2) is 94.6 Å². The molecule has 62 heavy (non-hydrogen) atoms. The fourth-order valence-corrected chi connectivity index (χ4v) is 9.78. The lowest BCUT2D eigenvalue weighted by atomic mass is 9.80. The molecule has 4 atom stereocenters. The van der Waals surface area contributed by atoms with Gasteiger partial charge in [0.1, 0.15) is 29.4 Å². The van der Waals surface area contributed by atoms with Gasteiger partial charge in [-0.2, -0.15) is 5.26 Å². The van der Waals surface area contributed by atoms with Crippen LogP contribution in [0.4, 0.5) is 0 Å². The number of aryl methyl sites for hydroxylation is 1. The normalized spacial score (nSPS) is 17.5. The molecule has 3 aromatic carbocycles. The number of nitrogens with zero attached hydrogens (tertiary/aromatic N) is 5. The number of ether oxygens (including phenoxy) is 4. The number of benzene rings is 3. The SMILES string of the molecule is COc1ccc(C(OCC2OC(n3cc(C)c(=O)n(CCCCC[N+](C)(C)C)c3=O)CC2OP(OCCC#N)N(C(C)C)C(C)C)(c2ccccc2)c2ccc(OC)cc2)cc1. The zero-order chi connectivity index (χ0) is 45.0. The Hall–Kier alpha value is -4.38. The van der Waals surface area contributed by atoms with Crippen LogP contribution in [-0.4, -0.2) is 97.7 Å². The highest BCUT2D eigenvalue weighted by molar-refractivity contribution is 7.44. The van der Waals surface area contributed by atoms with E-state index in [0.29, 0.717) is 30.0 Å². The van der Waals surface area contributed by atoms with Crippen molar-refractivity contribution in [1.82, 2.24) is 13.8 Å². The van der Waals surface area contributed by atoms with Gasteiger partial charge in [-0.1, -0.05) is 54.6 Å². The summed E-state index contributed by atoms with van der Waals surface area (Å²) in [7, 11) is 8.06. The predicted molar refractivity (Wildman–Crippen MR) is 243 cm³/mol. The van der Waals surface area contributed by atoms with Gasteiger partial charge in [-0.3, -0.25) is 13.9 Å². The van der Waals surface area contributed by atoms with E-state index < -0.39 is 38.3 Å². The van der Waals surface area contributed by atoms with Crippen molar-refractivity contribution < 1.29 is 32.5 Å². The van der Waals surface area contributed by atoms with Crippen molar-refractivity contribution in [1.29, 1.82) is 5.26 Å². The van der Waals surface area contributed by atoms with Crippen molar-refractivity contribution in [2.75, 3.05) is 55.1 Å². The average molecular weight is 873 g/mol. The predicted octanol–water partition coefficient (Wildman–Crippen LogP) is 8.17. The summed E-state index contributed by atoms with van der Waals surface area (Å²) in [5.74, 6) is 1.41. The Morgan fingerprint density at radius 1 is 0.871 bits per heavy atom. The Balaban J connectivity index is 1.59. The molecule has 1 aliphatic heterocycles. The molecule has 0 saturated carbocycles. The highest BCUT2D eigenvalue weighted by Gasteiger charge is 2.45. The highest BCUT2D eigenvalue weighted by Crippen LogP contribution is 2.50. The number of hydrogen-bond donors (Lipinski definition) is 0. The average Bonchev–Trinajstić information content (AvgIpc) is 3.65. The maximum absolute atomic E-state index is 14.3. The summed E-state index contributed by atoms with van der Waals surface area (Å²) in [5.41, 5.74) is 1.18. The molecule has 336 valence electrons. The van der Waals surface area contributed by atoms with E-state index in [1.165, 1.54) is 9.13 Å². The van der Waals surface area contributed by atoms with Crippen molar-refractivity contribution in [3.8, 4) is 17.6 Å². The number of hydrogen-bond acceptors (Lipinski definition) is 10. The first-order valence-electron chi connectivity index (χ1n) is 21.7. The maximum Gasteiger partial charge on any atom is 0.333 e. The summed E-state index contributed by atoms with van der Waals surface area (Å²) >= 11 is 0. The fourth-order valence-electron chi connectivity index (χ4n) is 8.02. The first-order chi connectivity index (χ1) is 29.6. The van der Waals surface area contributed by atoms with Crippen LogP contribution < -0.4 is 20.7 Å². The van der Waals surface area contributed by atoms with Gasteiger partial charge in [-0.05, 0) is 94.8 Å². The quantitative estimate of drug-likeness (QED) is 0.0312. The zero-order valence-corrected chi connectivity index (χ0v) is 39.2. The minimum Gasteiger partial charge on any atom is -0.497 e. The molecule has 1 aromatic heterocycles. The van der Waals surface area contributed by atoms with Crippen LogP contribution in [0.1, 0.15) is 88.3 Å². The summed E-state index contributed by atoms with van der Waals surface area (Å²) in [4.78, 5) is 27.8. The van der Waals surface area contributed by atoms with Crippen LogP contribution in [0.2, 0.25) is 0 Å². The molecule has 0 aliphatic carbocycles. The van der Waals surface area contributed by atoms with Gasteiger partial charge in [-0.15, -0.1) is 0 Å². The van der Waals surface area contributed by atoms with E-state index in [1.54, 1.807) is 27.3 Å². The molecule has 0 spiro atoms. The van der Waals surface area contributed by atoms with Crippen LogP contribution in [0.5, 0.6) is 11.5 Å². The van der Waals surface area contributed by atoms with Crippen LogP contribution >= 0.6 is 8.53 Å². The number of rotatable bonds is 23. The van der Waals surface area contributed by atoms with Crippen LogP contribution in [0.3, 0.4) is 0 Å². The Morgan fingerprint density at radius 3 is 1.98 bits per heavy atom. The first kappa shape index (κ1) is 48.6. The molecular weight excluding hydrogens is 806 g/mol. The topological polar surface area (TPSA) is 126 Å². The molecule has 5 rings (SSSR count). The van der Waals surface area contributed by atoms with E-state index in [9.17, 15) is 14.9 Å². The summed E-state index contributed by atoms with van der Waals surface area (Å²) in [5, 5.41) is 9.43. The minimum atomic E-state index is -1.69. The highest BCUT2D eigenvalue weighted by atomic mass is 31.2. The second kappa shape index (κ2) is 22.3. The third kappa shape index (κ3) is 12.0. The van der Waals surface area contributed by atoms with E-state index in [4.69, 9.17) is 28.0 Å². The van der Waals surface area contributed by atoms with Gasteiger partial charge in [0, 0.05) is 36.8 Å². The zero-order valence-electron chi connectivity index (χ0n) is 38.3. The number of methoxy groups -OCH3 is 2. The molecule has 4 aromatic rings. The molecule has 0 N–H and O–H groups in total. The van der Waals surface area contributed by atoms with Crippen molar-refractivity contribution in [2.45, 2.75) is 109 Å². The van der Waals surface area contributed by atoms with E-state index in [1.807, 2.05) is 78.9 Å². The Morgan fingerprint density at radius 2 is 1.45 bits per heavy atom. The molecule has 0 amide bonds. The van der Waals surface area contributed by atoms with Gasteiger partial charge in [0.2, 0.25) is 0 Å². The van der Waals surface area contributed by atoms with Crippen LogP contribution in [-0.2, 0) is 30.7 Å². The number of aromatic nitrogens is 2. The number of quaternary nitrogens is 1. The molecule has 1 aliphatic rings. The second-order valence-corrected chi connectivity index (χ2v) is 18.8. The van der Waals surface area contributed by atoms with Gasteiger partial charge in [0.15, 0.2) is 0 Å². The Bertz CT molecular complexity index is 2110. The largest absolute Gasteiger partial charge is 0.497 e. The van der Waals surface area contributed by atoms with E-state index in [2.05, 4.69) is 59.6 Å². The molecule has 4 unspecified atom stereocenters. The molecule has 14 heteroatoms. The first-order valence-corrected chi connectivity index (χ1v) is 22.8. The van der Waals surface area contributed by atoms with E-state index >= 15 is 0 Å². The number of unbranched alkanes of at least 4 members (excludes halogenated alkanes) is 2. The smallest absolute Gasteiger partial charge is 0.333 e. The lowest BCUT2D eigenvalue weighted by Gasteiger charge is -2.39. The third-order valence-electron chi connectivity index (χ3n) is 11.1. The molecule has 13 nitrogen and oxygen atoms in total. The Labute approximate surface area is 369 Å². The molecule has 1 fully saturated rings. The molecule has 0 radical (unpaired) electrons. The maximum atomic E-state index is 14.3. The summed E-state index contributed by atoms with van der Waals surface area (Å²) in [6.07, 6.45) is 2.59. The lowest BCUT2D eigenvalue weighted by molar-refractivity contribution is -0.870. The second-order valence-electron chi connectivity index (χ2n) is 17.4. The van der Waals surface area contributed by atoms with Gasteiger partial charge in [-0.25, -0.2) is 9.46 Å². The minimum absolute atomic E-state index is 0.0402. The van der Waals surface area contributed by atoms with Gasteiger partial charge >= 0.3 is 5.69 Å². The third-order valence-corrected chi connectivity index (χ3v) is 13.2. The van der Waals surface area contributed by atoms with Crippen LogP contribution in [0, 0.1) is 18.3 Å². The number of nitriles is 1. The lowest BCUT2D eigenvalue weighted by Crippen LogP contribution is -2.42. The standard InChI is InChI=1S/C48H67N5O8P/c1-35(2)52(36(3)4)62(59-31-17-28-49)61-43-32-45(51-33-37(5)46(54)50(47(51)55)29-15-12-16-30-53(6,7)8)60-44(43)34-58-48(38-18-13-11-14-19-38,39-20-24-41(56-9)25-21-39)40-22-26-42(57-10)27-23-40/h11,13-14,18-27,33,35-36,43-45H,12,15-17,29-32,34H2,1-10H3/q+1. The molecule has 2 heterocycles. The Kier molecular flexibility index (Phi) is 17.5. The van der Waals surface area contributed by atoms with E-state index in [-0.39, 0.29) is 43.7 Å². The summed E-state index contributed by atoms with van der Waals surface area (Å²) < 4.78 is 44.7. The molecular formula is C48H67N5O8P+. The van der Waals surface area contributed by atoms with Crippen molar-refractivity contribution in [3.05, 3.63) is 128 Å². The van der Waals surface area contributed by atoms with E-state index in [0.717, 1.165) is 40.6 Å². The van der Waals surface area contributed by atoms with Crippen molar-refractivity contribution in [2.24, 2.45) is 0 Å². The fraction of sp³-hybridized carbons (Fsp3) is 0.521. The monoisotopic (exact) mass is 872 g/mol. The van der Waals surface area contributed by atoms with Crippen molar-refractivity contribution >= 4 is 8.53 Å². The van der Waals surface area contributed by atoms with Gasteiger partial charge < -0.3 is 32.5 Å². The summed E-state index contributed by atoms with van der Waals surface area (Å²) in [6, 6.07) is 28.0. The summed E-state index contributed by atoms with van der Waals surface area (Å²) in [6.45, 7) is 11.6. The molecule has 1 saturated heterocycles. The van der Waals surface area contributed by atoms with Crippen LogP contribution in [0.25, 0.3) is 0 Å². The van der Waals surface area contributed by atoms with Gasteiger partial charge in [0.25, 0.3) is 14.1 Å².